The van der Waals surface area contributed by atoms with Crippen LogP contribution in [0.2, 0.25) is 0 Å². The average Bonchev–Trinajstić information content (AvgIpc) is 2.74. The Morgan fingerprint density at radius 2 is 1.54 bits per heavy atom. The van der Waals surface area contributed by atoms with Crippen LogP contribution in [0.3, 0.4) is 0 Å². The van der Waals surface area contributed by atoms with Gasteiger partial charge in [-0.2, -0.15) is 13.2 Å². The standard InChI is InChI=1S/C22H22F6O5S2/c1-15(11-12-34(29,30)19-7-4-6-18(14-19)33-22(26,27)28)9-10-16(2)35(31,32)20-8-3-5-17(13-20)21(23,24)25/h3-8,11,13-14,16H,9-10,12H2,1-2H3. The van der Waals surface area contributed by atoms with Gasteiger partial charge in [-0.25, -0.2) is 16.8 Å². The van der Waals surface area contributed by atoms with E-state index in [2.05, 4.69) is 4.74 Å². The maximum atomic E-state index is 12.9. The van der Waals surface area contributed by atoms with Crippen LogP contribution in [0, 0.1) is 0 Å². The Kier molecular flexibility index (Phi) is 8.70. The summed E-state index contributed by atoms with van der Waals surface area (Å²) in [5, 5.41) is -1.05. The Bertz CT molecular complexity index is 1280. The molecule has 1 unspecified atom stereocenters. The molecule has 0 aromatic heterocycles. The maximum absolute atomic E-state index is 12.9. The summed E-state index contributed by atoms with van der Waals surface area (Å²) in [7, 11) is -8.09. The lowest BCUT2D eigenvalue weighted by Gasteiger charge is -2.15. The van der Waals surface area contributed by atoms with Crippen molar-refractivity contribution in [2.45, 2.75) is 54.3 Å². The zero-order valence-electron chi connectivity index (χ0n) is 18.5. The molecule has 0 amide bonds. The highest BCUT2D eigenvalue weighted by atomic mass is 32.2. The summed E-state index contributed by atoms with van der Waals surface area (Å²) < 4.78 is 130. The molecule has 2 aromatic rings. The molecule has 35 heavy (non-hydrogen) atoms. The monoisotopic (exact) mass is 544 g/mol. The zero-order valence-corrected chi connectivity index (χ0v) is 20.2. The SMILES string of the molecule is CC(=CCS(=O)(=O)c1cccc(OC(F)(F)F)c1)CCC(C)S(=O)(=O)c1cccc(C(F)(F)F)c1. The molecule has 0 aliphatic carbocycles. The molecule has 0 saturated carbocycles. The molecule has 13 heteroatoms. The molecule has 0 aliphatic rings. The highest BCUT2D eigenvalue weighted by Gasteiger charge is 2.33. The predicted octanol–water partition coefficient (Wildman–Crippen LogP) is 5.97. The summed E-state index contributed by atoms with van der Waals surface area (Å²) >= 11 is 0. The molecule has 2 rings (SSSR count). The predicted molar refractivity (Wildman–Crippen MR) is 116 cm³/mol. The molecule has 0 radical (unpaired) electrons. The number of sulfone groups is 2. The molecule has 0 N–H and O–H groups in total. The fourth-order valence-corrected chi connectivity index (χ4v) is 5.71. The van der Waals surface area contributed by atoms with Gasteiger partial charge in [0, 0.05) is 0 Å². The van der Waals surface area contributed by atoms with E-state index in [1.807, 2.05) is 0 Å². The summed E-state index contributed by atoms with van der Waals surface area (Å²) in [6.45, 7) is 2.88. The van der Waals surface area contributed by atoms with Gasteiger partial charge in [-0.15, -0.1) is 13.2 Å². The van der Waals surface area contributed by atoms with Gasteiger partial charge in [-0.3, -0.25) is 0 Å². The van der Waals surface area contributed by atoms with Gasteiger partial charge in [-0.05, 0) is 63.1 Å². The van der Waals surface area contributed by atoms with Crippen molar-refractivity contribution in [1.82, 2.24) is 0 Å². The van der Waals surface area contributed by atoms with Gasteiger partial charge in [0.1, 0.15) is 5.75 Å². The van der Waals surface area contributed by atoms with Crippen LogP contribution in [0.15, 0.2) is 70.0 Å². The van der Waals surface area contributed by atoms with Gasteiger partial charge in [0.2, 0.25) is 0 Å². The van der Waals surface area contributed by atoms with Gasteiger partial charge in [0.25, 0.3) is 0 Å². The molecule has 0 fully saturated rings. The second-order valence-corrected chi connectivity index (χ2v) is 12.2. The number of allylic oxidation sites excluding steroid dienone is 1. The molecule has 0 aliphatic heterocycles. The van der Waals surface area contributed by atoms with Crippen molar-refractivity contribution in [2.75, 3.05) is 5.75 Å². The van der Waals surface area contributed by atoms with Crippen molar-refractivity contribution < 1.29 is 47.9 Å². The minimum Gasteiger partial charge on any atom is -0.406 e. The van der Waals surface area contributed by atoms with E-state index >= 15 is 0 Å². The Morgan fingerprint density at radius 1 is 0.943 bits per heavy atom. The maximum Gasteiger partial charge on any atom is 0.573 e. The van der Waals surface area contributed by atoms with Crippen LogP contribution in [0.4, 0.5) is 26.3 Å². The third-order valence-electron chi connectivity index (χ3n) is 5.01. The van der Waals surface area contributed by atoms with E-state index in [1.165, 1.54) is 13.0 Å². The molecule has 194 valence electrons. The third kappa shape index (κ3) is 8.27. The fraction of sp³-hybridized carbons (Fsp3) is 0.364. The van der Waals surface area contributed by atoms with Crippen molar-refractivity contribution in [3.05, 3.63) is 65.7 Å². The van der Waals surface area contributed by atoms with Gasteiger partial charge >= 0.3 is 12.5 Å². The smallest absolute Gasteiger partial charge is 0.406 e. The highest BCUT2D eigenvalue weighted by molar-refractivity contribution is 7.92. The molecule has 0 saturated heterocycles. The highest BCUT2D eigenvalue weighted by Crippen LogP contribution is 2.32. The molecule has 0 heterocycles. The summed E-state index contributed by atoms with van der Waals surface area (Å²) in [6, 6.07) is 7.34. The molecule has 1 atom stereocenters. The lowest BCUT2D eigenvalue weighted by molar-refractivity contribution is -0.274. The van der Waals surface area contributed by atoms with Crippen LogP contribution in [0.1, 0.15) is 32.3 Å². The van der Waals surface area contributed by atoms with E-state index in [1.54, 1.807) is 6.92 Å². The fourth-order valence-electron chi connectivity index (χ4n) is 2.98. The summed E-state index contributed by atoms with van der Waals surface area (Å²) in [5.41, 5.74) is -0.598. The van der Waals surface area contributed by atoms with E-state index in [-0.39, 0.29) is 17.7 Å². The summed E-state index contributed by atoms with van der Waals surface area (Å²) in [5.74, 6) is -1.24. The van der Waals surface area contributed by atoms with E-state index in [4.69, 9.17) is 0 Å². The van der Waals surface area contributed by atoms with E-state index < -0.39 is 59.4 Å². The summed E-state index contributed by atoms with van der Waals surface area (Å²) in [6.07, 6.45) is -8.24. The van der Waals surface area contributed by atoms with Gasteiger partial charge in [-0.1, -0.05) is 23.8 Å². The molecule has 0 spiro atoms. The number of alkyl halides is 6. The van der Waals surface area contributed by atoms with Crippen LogP contribution in [-0.4, -0.2) is 34.2 Å². The van der Waals surface area contributed by atoms with E-state index in [0.29, 0.717) is 11.6 Å². The number of halogens is 6. The molecule has 5 nitrogen and oxygen atoms in total. The Morgan fingerprint density at radius 3 is 2.14 bits per heavy atom. The molecule has 0 bridgehead atoms. The number of hydrogen-bond donors (Lipinski definition) is 0. The first-order valence-corrected chi connectivity index (χ1v) is 13.3. The number of ether oxygens (including phenoxy) is 1. The normalized spacial score (nSPS) is 14.6. The van der Waals surface area contributed by atoms with Crippen LogP contribution >= 0.6 is 0 Å². The lowest BCUT2D eigenvalue weighted by Crippen LogP contribution is -2.19. The van der Waals surface area contributed by atoms with Crippen molar-refractivity contribution in [3.63, 3.8) is 0 Å². The minimum absolute atomic E-state index is 0.00979. The van der Waals surface area contributed by atoms with E-state index in [0.717, 1.165) is 42.5 Å². The number of benzene rings is 2. The Labute approximate surface area is 199 Å². The van der Waals surface area contributed by atoms with Crippen LogP contribution in [0.25, 0.3) is 0 Å². The third-order valence-corrected chi connectivity index (χ3v) is 8.80. The lowest BCUT2D eigenvalue weighted by atomic mass is 10.1. The summed E-state index contributed by atoms with van der Waals surface area (Å²) in [4.78, 5) is -0.853. The van der Waals surface area contributed by atoms with Crippen molar-refractivity contribution >= 4 is 19.7 Å². The van der Waals surface area contributed by atoms with Gasteiger partial charge in [0.15, 0.2) is 19.7 Å². The zero-order chi connectivity index (χ0) is 26.7. The first-order chi connectivity index (χ1) is 15.9. The van der Waals surface area contributed by atoms with Crippen molar-refractivity contribution in [2.24, 2.45) is 0 Å². The molecule has 2 aromatic carbocycles. The average molecular weight is 545 g/mol. The van der Waals surface area contributed by atoms with E-state index in [9.17, 15) is 43.2 Å². The van der Waals surface area contributed by atoms with Crippen LogP contribution in [-0.2, 0) is 25.9 Å². The first-order valence-electron chi connectivity index (χ1n) is 10.1. The van der Waals surface area contributed by atoms with Gasteiger partial charge in [0.05, 0.1) is 26.4 Å². The van der Waals surface area contributed by atoms with Gasteiger partial charge < -0.3 is 4.74 Å². The Balaban J connectivity index is 2.07. The van der Waals surface area contributed by atoms with Crippen molar-refractivity contribution in [3.8, 4) is 5.75 Å². The minimum atomic E-state index is -4.98. The topological polar surface area (TPSA) is 77.5 Å². The quantitative estimate of drug-likeness (QED) is 0.287. The molecular formula is C22H22F6O5S2. The number of rotatable bonds is 9. The number of hydrogen-bond acceptors (Lipinski definition) is 5. The molecular weight excluding hydrogens is 522 g/mol. The second-order valence-electron chi connectivity index (χ2n) is 7.77. The first kappa shape index (κ1) is 28.7. The second kappa shape index (κ2) is 10.6. The largest absolute Gasteiger partial charge is 0.573 e. The Hall–Kier alpha value is -2.54. The van der Waals surface area contributed by atoms with Crippen LogP contribution < -0.4 is 4.74 Å². The van der Waals surface area contributed by atoms with Crippen molar-refractivity contribution in [1.29, 1.82) is 0 Å². The van der Waals surface area contributed by atoms with Crippen LogP contribution in [0.5, 0.6) is 5.75 Å².